The molecule has 29 heavy (non-hydrogen) atoms. The van der Waals surface area contributed by atoms with Crippen molar-refractivity contribution < 1.29 is 4.74 Å². The first-order valence-corrected chi connectivity index (χ1v) is 10.0. The monoisotopic (exact) mass is 391 g/mol. The molecule has 3 aromatic rings. The van der Waals surface area contributed by atoms with Crippen molar-refractivity contribution in [1.29, 1.82) is 0 Å². The van der Waals surface area contributed by atoms with Gasteiger partial charge in [-0.1, -0.05) is 31.2 Å². The van der Waals surface area contributed by atoms with Crippen LogP contribution in [-0.2, 0) is 6.54 Å². The van der Waals surface area contributed by atoms with Gasteiger partial charge in [0, 0.05) is 24.0 Å². The lowest BCUT2D eigenvalue weighted by Gasteiger charge is -2.15. The number of para-hydroxylation sites is 1. The van der Waals surface area contributed by atoms with E-state index in [0.717, 1.165) is 47.2 Å². The summed E-state index contributed by atoms with van der Waals surface area (Å²) in [5.74, 6) is 2.09. The molecule has 0 atom stereocenters. The number of hydrogen-bond donors (Lipinski definition) is 3. The third kappa shape index (κ3) is 5.45. The van der Waals surface area contributed by atoms with E-state index in [1.54, 1.807) is 0 Å². The number of aromatic nitrogens is 2. The SMILES string of the molecule is CCNCc1ccccc1Nc1nc(Nc2ccc(C)cc2OCC)ncc1C. The fourth-order valence-corrected chi connectivity index (χ4v) is 2.94. The number of ether oxygens (including phenoxy) is 1. The van der Waals surface area contributed by atoms with Crippen LogP contribution in [0.25, 0.3) is 0 Å². The highest BCUT2D eigenvalue weighted by Gasteiger charge is 2.10. The summed E-state index contributed by atoms with van der Waals surface area (Å²) in [6.07, 6.45) is 1.82. The Morgan fingerprint density at radius 1 is 0.966 bits per heavy atom. The highest BCUT2D eigenvalue weighted by molar-refractivity contribution is 5.67. The Labute approximate surface area is 172 Å². The lowest BCUT2D eigenvalue weighted by atomic mass is 10.1. The minimum atomic E-state index is 0.520. The van der Waals surface area contributed by atoms with Crippen LogP contribution in [0.15, 0.2) is 48.7 Å². The Balaban J connectivity index is 1.85. The molecule has 2 aromatic carbocycles. The zero-order chi connectivity index (χ0) is 20.6. The summed E-state index contributed by atoms with van der Waals surface area (Å²) >= 11 is 0. The summed E-state index contributed by atoms with van der Waals surface area (Å²) in [5, 5.41) is 10.1. The van der Waals surface area contributed by atoms with Gasteiger partial charge >= 0.3 is 0 Å². The summed E-state index contributed by atoms with van der Waals surface area (Å²) in [6.45, 7) is 10.4. The quantitative estimate of drug-likeness (QED) is 0.472. The maximum Gasteiger partial charge on any atom is 0.229 e. The highest BCUT2D eigenvalue weighted by Crippen LogP contribution is 2.29. The molecule has 0 saturated carbocycles. The van der Waals surface area contributed by atoms with Crippen LogP contribution in [0, 0.1) is 13.8 Å². The summed E-state index contributed by atoms with van der Waals surface area (Å²) in [6, 6.07) is 14.3. The molecule has 0 aliphatic rings. The Morgan fingerprint density at radius 3 is 2.59 bits per heavy atom. The van der Waals surface area contributed by atoms with Crippen LogP contribution in [0.5, 0.6) is 5.75 Å². The number of nitrogens with zero attached hydrogens (tertiary/aromatic N) is 2. The lowest BCUT2D eigenvalue weighted by molar-refractivity contribution is 0.341. The minimum absolute atomic E-state index is 0.520. The van der Waals surface area contributed by atoms with Crippen molar-refractivity contribution in [2.24, 2.45) is 0 Å². The second-order valence-corrected chi connectivity index (χ2v) is 6.85. The highest BCUT2D eigenvalue weighted by atomic mass is 16.5. The lowest BCUT2D eigenvalue weighted by Crippen LogP contribution is -2.13. The number of aryl methyl sites for hydroxylation is 2. The average Bonchev–Trinajstić information content (AvgIpc) is 2.72. The summed E-state index contributed by atoms with van der Waals surface area (Å²) in [7, 11) is 0. The van der Waals surface area contributed by atoms with E-state index in [0.29, 0.717) is 12.6 Å². The van der Waals surface area contributed by atoms with Gasteiger partial charge in [-0.3, -0.25) is 0 Å². The van der Waals surface area contributed by atoms with E-state index in [4.69, 9.17) is 9.72 Å². The van der Waals surface area contributed by atoms with E-state index in [9.17, 15) is 0 Å². The van der Waals surface area contributed by atoms with Gasteiger partial charge in [-0.15, -0.1) is 0 Å². The minimum Gasteiger partial charge on any atom is -0.492 e. The largest absolute Gasteiger partial charge is 0.492 e. The van der Waals surface area contributed by atoms with Crippen LogP contribution in [0.3, 0.4) is 0 Å². The average molecular weight is 392 g/mol. The molecule has 0 amide bonds. The van der Waals surface area contributed by atoms with Crippen molar-refractivity contribution >= 4 is 23.1 Å². The van der Waals surface area contributed by atoms with E-state index >= 15 is 0 Å². The first-order valence-electron chi connectivity index (χ1n) is 10.0. The van der Waals surface area contributed by atoms with Gasteiger partial charge < -0.3 is 20.7 Å². The molecule has 0 bridgehead atoms. The topological polar surface area (TPSA) is 71.1 Å². The number of hydrogen-bond acceptors (Lipinski definition) is 6. The molecule has 0 saturated heterocycles. The molecule has 0 spiro atoms. The van der Waals surface area contributed by atoms with E-state index < -0.39 is 0 Å². The second-order valence-electron chi connectivity index (χ2n) is 6.85. The van der Waals surface area contributed by atoms with Crippen molar-refractivity contribution in [2.75, 3.05) is 23.8 Å². The third-order valence-electron chi connectivity index (χ3n) is 4.49. The van der Waals surface area contributed by atoms with Gasteiger partial charge in [0.1, 0.15) is 11.6 Å². The molecule has 0 unspecified atom stereocenters. The fraction of sp³-hybridized carbons (Fsp3) is 0.304. The zero-order valence-electron chi connectivity index (χ0n) is 17.5. The molecule has 3 rings (SSSR count). The third-order valence-corrected chi connectivity index (χ3v) is 4.49. The van der Waals surface area contributed by atoms with Crippen LogP contribution in [0.1, 0.15) is 30.5 Å². The standard InChI is InChI=1S/C23H29N5O/c1-5-24-15-18-9-7-8-10-19(18)26-22-17(4)14-25-23(28-22)27-20-12-11-16(3)13-21(20)29-6-2/h7-14,24H,5-6,15H2,1-4H3,(H2,25,26,27,28). The van der Waals surface area contributed by atoms with Crippen molar-refractivity contribution in [3.05, 3.63) is 65.4 Å². The normalized spacial score (nSPS) is 10.6. The maximum absolute atomic E-state index is 5.75. The van der Waals surface area contributed by atoms with E-state index in [-0.39, 0.29) is 0 Å². The molecular formula is C23H29N5O. The van der Waals surface area contributed by atoms with Crippen LogP contribution < -0.4 is 20.7 Å². The van der Waals surface area contributed by atoms with Crippen LogP contribution in [0.2, 0.25) is 0 Å². The molecule has 6 nitrogen and oxygen atoms in total. The second kappa shape index (κ2) is 9.89. The van der Waals surface area contributed by atoms with Gasteiger partial charge in [0.15, 0.2) is 0 Å². The van der Waals surface area contributed by atoms with Gasteiger partial charge in [0.05, 0.1) is 12.3 Å². The first-order chi connectivity index (χ1) is 14.1. The number of anilines is 4. The van der Waals surface area contributed by atoms with Gasteiger partial charge in [-0.25, -0.2) is 4.98 Å². The maximum atomic E-state index is 5.75. The predicted octanol–water partition coefficient (Wildman–Crippen LogP) is 5.09. The number of benzene rings is 2. The van der Waals surface area contributed by atoms with Crippen molar-refractivity contribution in [3.8, 4) is 5.75 Å². The molecule has 6 heteroatoms. The molecule has 152 valence electrons. The zero-order valence-corrected chi connectivity index (χ0v) is 17.5. The van der Waals surface area contributed by atoms with E-state index in [1.807, 2.05) is 57.3 Å². The Kier molecular flexibility index (Phi) is 7.03. The van der Waals surface area contributed by atoms with Gasteiger partial charge in [0.25, 0.3) is 0 Å². The Bertz CT molecular complexity index is 958. The molecule has 1 aromatic heterocycles. The van der Waals surface area contributed by atoms with Crippen molar-refractivity contribution in [3.63, 3.8) is 0 Å². The van der Waals surface area contributed by atoms with Crippen LogP contribution >= 0.6 is 0 Å². The molecule has 1 heterocycles. The number of nitrogens with one attached hydrogen (secondary N) is 3. The molecule has 0 aliphatic carbocycles. The van der Waals surface area contributed by atoms with E-state index in [1.165, 1.54) is 5.56 Å². The number of rotatable bonds is 9. The van der Waals surface area contributed by atoms with Crippen LogP contribution in [-0.4, -0.2) is 23.1 Å². The van der Waals surface area contributed by atoms with Crippen LogP contribution in [0.4, 0.5) is 23.1 Å². The summed E-state index contributed by atoms with van der Waals surface area (Å²) in [5.41, 5.74) is 5.19. The molecule has 0 aliphatic heterocycles. The van der Waals surface area contributed by atoms with Gasteiger partial charge in [0.2, 0.25) is 5.95 Å². The predicted molar refractivity (Wildman–Crippen MR) is 120 cm³/mol. The Hall–Kier alpha value is -3.12. The molecule has 3 N–H and O–H groups in total. The molecular weight excluding hydrogens is 362 g/mol. The summed E-state index contributed by atoms with van der Waals surface area (Å²) < 4.78 is 5.75. The van der Waals surface area contributed by atoms with Gasteiger partial charge in [-0.05, 0) is 56.6 Å². The molecule has 0 radical (unpaired) electrons. The Morgan fingerprint density at radius 2 is 1.79 bits per heavy atom. The summed E-state index contributed by atoms with van der Waals surface area (Å²) in [4.78, 5) is 9.14. The first kappa shape index (κ1) is 20.6. The van der Waals surface area contributed by atoms with E-state index in [2.05, 4.69) is 40.0 Å². The van der Waals surface area contributed by atoms with Crippen molar-refractivity contribution in [2.45, 2.75) is 34.2 Å². The molecule has 0 fully saturated rings. The van der Waals surface area contributed by atoms with Crippen molar-refractivity contribution in [1.82, 2.24) is 15.3 Å². The fourth-order valence-electron chi connectivity index (χ4n) is 2.94. The van der Waals surface area contributed by atoms with Gasteiger partial charge in [-0.2, -0.15) is 4.98 Å². The smallest absolute Gasteiger partial charge is 0.229 e.